The van der Waals surface area contributed by atoms with Crippen molar-refractivity contribution in [1.82, 2.24) is 24.3 Å². The van der Waals surface area contributed by atoms with E-state index < -0.39 is 10.0 Å². The maximum atomic E-state index is 13.4. The van der Waals surface area contributed by atoms with Crippen molar-refractivity contribution < 1.29 is 17.7 Å². The Morgan fingerprint density at radius 2 is 1.88 bits per heavy atom. The highest BCUT2D eigenvalue weighted by atomic mass is 32.2. The lowest BCUT2D eigenvalue weighted by Crippen LogP contribution is -2.44. The first-order valence-electron chi connectivity index (χ1n) is 11.0. The average molecular weight is 458 g/mol. The van der Waals surface area contributed by atoms with Crippen molar-refractivity contribution in [3.8, 4) is 0 Å². The van der Waals surface area contributed by atoms with Crippen LogP contribution in [0.5, 0.6) is 0 Å². The summed E-state index contributed by atoms with van der Waals surface area (Å²) >= 11 is 0. The number of nitrogens with zero attached hydrogens (tertiary/aromatic N) is 4. The fourth-order valence-corrected chi connectivity index (χ4v) is 6.76. The predicted molar refractivity (Wildman–Crippen MR) is 117 cm³/mol. The quantitative estimate of drug-likeness (QED) is 0.645. The number of hydrogen-bond acceptors (Lipinski definition) is 6. The molecule has 0 spiro atoms. The van der Waals surface area contributed by atoms with Gasteiger partial charge in [-0.2, -0.15) is 4.31 Å². The Kier molecular flexibility index (Phi) is 5.29. The summed E-state index contributed by atoms with van der Waals surface area (Å²) in [6.45, 7) is 4.57. The van der Waals surface area contributed by atoms with Crippen LogP contribution in [0.2, 0.25) is 0 Å². The van der Waals surface area contributed by atoms with Gasteiger partial charge >= 0.3 is 0 Å². The number of carbonyl (C=O) groups is 1. The first kappa shape index (κ1) is 21.1. The second kappa shape index (κ2) is 8.00. The number of H-pyrrole nitrogens is 1. The third-order valence-electron chi connectivity index (χ3n) is 6.63. The number of fused-ring (bicyclic) bond motifs is 1. The van der Waals surface area contributed by atoms with Crippen molar-refractivity contribution in [2.24, 2.45) is 5.92 Å². The van der Waals surface area contributed by atoms with E-state index in [1.807, 2.05) is 29.2 Å². The van der Waals surface area contributed by atoms with Crippen molar-refractivity contribution >= 4 is 27.0 Å². The number of nitrogens with one attached hydrogen (secondary N) is 1. The van der Waals surface area contributed by atoms with Gasteiger partial charge in [0.05, 0.1) is 17.1 Å². The van der Waals surface area contributed by atoms with Gasteiger partial charge in [0.2, 0.25) is 15.9 Å². The van der Waals surface area contributed by atoms with Crippen molar-refractivity contribution in [1.29, 1.82) is 0 Å². The monoisotopic (exact) mass is 457 g/mol. The van der Waals surface area contributed by atoms with E-state index in [9.17, 15) is 13.2 Å². The maximum Gasteiger partial charge on any atom is 0.248 e. The number of benzene rings is 1. The summed E-state index contributed by atoms with van der Waals surface area (Å²) in [5.41, 5.74) is 2.24. The van der Waals surface area contributed by atoms with Gasteiger partial charge in [-0.05, 0) is 51.7 Å². The SMILES string of the molecule is Cc1noc(C)c1S(=O)(=O)N1CCC(C(=O)N2CCCC2c2nc3ccccc3[nH]2)CC1. The lowest BCUT2D eigenvalue weighted by molar-refractivity contribution is -0.137. The molecule has 1 aromatic carbocycles. The van der Waals surface area contributed by atoms with Gasteiger partial charge in [0, 0.05) is 25.6 Å². The summed E-state index contributed by atoms with van der Waals surface area (Å²) in [6, 6.07) is 7.81. The normalized spacial score (nSPS) is 20.9. The van der Waals surface area contributed by atoms with Gasteiger partial charge in [0.25, 0.3) is 0 Å². The van der Waals surface area contributed by atoms with Crippen LogP contribution in [0.15, 0.2) is 33.7 Å². The Morgan fingerprint density at radius 1 is 1.12 bits per heavy atom. The van der Waals surface area contributed by atoms with Crippen LogP contribution in [0.25, 0.3) is 11.0 Å². The molecule has 0 radical (unpaired) electrons. The number of aromatic nitrogens is 3. The number of piperidine rings is 1. The second-order valence-corrected chi connectivity index (χ2v) is 10.5. The van der Waals surface area contributed by atoms with E-state index in [0.29, 0.717) is 43.9 Å². The zero-order valence-corrected chi connectivity index (χ0v) is 19.1. The predicted octanol–water partition coefficient (Wildman–Crippen LogP) is 2.93. The molecule has 0 aliphatic carbocycles. The average Bonchev–Trinajstić information content (AvgIpc) is 3.51. The Hall–Kier alpha value is -2.72. The molecule has 1 N–H and O–H groups in total. The third-order valence-corrected chi connectivity index (χ3v) is 8.77. The molecule has 10 heteroatoms. The number of carbonyl (C=O) groups excluding carboxylic acids is 1. The number of sulfonamides is 1. The summed E-state index contributed by atoms with van der Waals surface area (Å²) in [7, 11) is -3.68. The van der Waals surface area contributed by atoms with E-state index in [2.05, 4.69) is 10.1 Å². The first-order chi connectivity index (χ1) is 15.4. The largest absolute Gasteiger partial charge is 0.360 e. The van der Waals surface area contributed by atoms with Crippen molar-refractivity contribution in [3.05, 3.63) is 41.5 Å². The molecule has 2 saturated heterocycles. The van der Waals surface area contributed by atoms with Crippen LogP contribution in [0, 0.1) is 19.8 Å². The molecule has 170 valence electrons. The van der Waals surface area contributed by atoms with Gasteiger partial charge in [0.1, 0.15) is 16.4 Å². The molecule has 9 nitrogen and oxygen atoms in total. The van der Waals surface area contributed by atoms with E-state index in [0.717, 1.165) is 29.7 Å². The fourth-order valence-electron chi connectivity index (χ4n) is 4.99. The minimum Gasteiger partial charge on any atom is -0.360 e. The number of hydrogen-bond donors (Lipinski definition) is 1. The van der Waals surface area contributed by atoms with Crippen LogP contribution >= 0.6 is 0 Å². The maximum absolute atomic E-state index is 13.4. The minimum absolute atomic E-state index is 0.0565. The molecule has 32 heavy (non-hydrogen) atoms. The molecule has 5 rings (SSSR count). The topological polar surface area (TPSA) is 112 Å². The van der Waals surface area contributed by atoms with Crippen LogP contribution < -0.4 is 0 Å². The Morgan fingerprint density at radius 3 is 2.56 bits per heavy atom. The van der Waals surface area contributed by atoms with Crippen molar-refractivity contribution in [2.45, 2.75) is 50.5 Å². The summed E-state index contributed by atoms with van der Waals surface area (Å²) in [4.78, 5) is 23.5. The Labute approximate surface area is 186 Å². The highest BCUT2D eigenvalue weighted by Gasteiger charge is 2.39. The molecule has 4 heterocycles. The van der Waals surface area contributed by atoms with E-state index in [1.54, 1.807) is 13.8 Å². The van der Waals surface area contributed by atoms with Gasteiger partial charge in [-0.1, -0.05) is 17.3 Å². The zero-order valence-electron chi connectivity index (χ0n) is 18.2. The number of aromatic amines is 1. The molecular weight excluding hydrogens is 430 g/mol. The van der Waals surface area contributed by atoms with Crippen molar-refractivity contribution in [3.63, 3.8) is 0 Å². The van der Waals surface area contributed by atoms with Gasteiger partial charge in [-0.3, -0.25) is 4.79 Å². The molecule has 2 aliphatic rings. The summed E-state index contributed by atoms with van der Waals surface area (Å²) in [5.74, 6) is 1.04. The van der Waals surface area contributed by atoms with Crippen LogP contribution in [0.1, 0.15) is 49.0 Å². The Balaban J connectivity index is 1.29. The zero-order chi connectivity index (χ0) is 22.5. The van der Waals surface area contributed by atoms with Crippen LogP contribution in [0.3, 0.4) is 0 Å². The van der Waals surface area contributed by atoms with Gasteiger partial charge in [-0.15, -0.1) is 0 Å². The number of para-hydroxylation sites is 2. The minimum atomic E-state index is -3.68. The molecule has 1 unspecified atom stereocenters. The third kappa shape index (κ3) is 3.51. The summed E-state index contributed by atoms with van der Waals surface area (Å²) in [5, 5.41) is 3.78. The molecule has 2 aromatic heterocycles. The molecule has 2 aliphatic heterocycles. The van der Waals surface area contributed by atoms with Gasteiger partial charge < -0.3 is 14.4 Å². The van der Waals surface area contributed by atoms with Crippen LogP contribution in [-0.2, 0) is 14.8 Å². The fraction of sp³-hybridized carbons (Fsp3) is 0.500. The molecule has 0 saturated carbocycles. The van der Waals surface area contributed by atoms with Gasteiger partial charge in [-0.25, -0.2) is 13.4 Å². The highest BCUT2D eigenvalue weighted by Crippen LogP contribution is 2.35. The second-order valence-electron chi connectivity index (χ2n) is 8.66. The van der Waals surface area contributed by atoms with Gasteiger partial charge in [0.15, 0.2) is 5.76 Å². The van der Waals surface area contributed by atoms with E-state index >= 15 is 0 Å². The van der Waals surface area contributed by atoms with Crippen LogP contribution in [0.4, 0.5) is 0 Å². The number of amides is 1. The highest BCUT2D eigenvalue weighted by molar-refractivity contribution is 7.89. The summed E-state index contributed by atoms with van der Waals surface area (Å²) in [6.07, 6.45) is 2.83. The Bertz CT molecular complexity index is 1200. The molecular formula is C22H27N5O4S. The molecule has 3 aromatic rings. The lowest BCUT2D eigenvalue weighted by atomic mass is 9.96. The summed E-state index contributed by atoms with van der Waals surface area (Å²) < 4.78 is 32.6. The smallest absolute Gasteiger partial charge is 0.248 e. The van der Waals surface area contributed by atoms with E-state index in [1.165, 1.54) is 4.31 Å². The molecule has 1 atom stereocenters. The number of likely N-dealkylation sites (tertiary alicyclic amines) is 1. The molecule has 0 bridgehead atoms. The standard InChI is InChI=1S/C22H27N5O4S/c1-14-20(15(2)31-25-14)32(29,30)26-12-9-16(10-13-26)22(28)27-11-5-8-19(27)21-23-17-6-3-4-7-18(17)24-21/h3-4,6-7,16,19H,5,8-13H2,1-2H3,(H,23,24). The van der Waals surface area contributed by atoms with Crippen LogP contribution in [-0.4, -0.2) is 58.3 Å². The number of aryl methyl sites for hydroxylation is 2. The van der Waals surface area contributed by atoms with E-state index in [-0.39, 0.29) is 22.8 Å². The molecule has 1 amide bonds. The van der Waals surface area contributed by atoms with Crippen molar-refractivity contribution in [2.75, 3.05) is 19.6 Å². The number of rotatable bonds is 4. The number of imidazole rings is 1. The van der Waals surface area contributed by atoms with E-state index in [4.69, 9.17) is 9.51 Å². The first-order valence-corrected chi connectivity index (χ1v) is 12.5. The molecule has 2 fully saturated rings. The lowest BCUT2D eigenvalue weighted by Gasteiger charge is -2.34.